The minimum absolute atomic E-state index is 0.0684. The largest absolute Gasteiger partial charge is 0.492 e. The van der Waals surface area contributed by atoms with E-state index in [0.29, 0.717) is 18.9 Å². The standard InChI is InChI=1S/C15H22N2O2/c1-10-4-5-11(2)14(12(10)3)19-9-15(6-7-15)8-13(16)17-18/h4-5,18H,6-9H2,1-3H3,(H2,16,17). The van der Waals surface area contributed by atoms with Gasteiger partial charge in [-0.05, 0) is 50.3 Å². The summed E-state index contributed by atoms with van der Waals surface area (Å²) in [5.74, 6) is 1.27. The lowest BCUT2D eigenvalue weighted by molar-refractivity contribution is 0.233. The van der Waals surface area contributed by atoms with E-state index >= 15 is 0 Å². The Morgan fingerprint density at radius 2 is 1.95 bits per heavy atom. The van der Waals surface area contributed by atoms with Gasteiger partial charge < -0.3 is 15.7 Å². The van der Waals surface area contributed by atoms with Crippen molar-refractivity contribution in [1.82, 2.24) is 0 Å². The third-order valence-corrected chi connectivity index (χ3v) is 4.04. The zero-order valence-corrected chi connectivity index (χ0v) is 11.9. The summed E-state index contributed by atoms with van der Waals surface area (Å²) in [6, 6.07) is 4.20. The Morgan fingerprint density at radius 3 is 2.53 bits per heavy atom. The number of amidine groups is 1. The highest BCUT2D eigenvalue weighted by Gasteiger charge is 2.44. The molecule has 0 heterocycles. The van der Waals surface area contributed by atoms with E-state index in [9.17, 15) is 0 Å². The lowest BCUT2D eigenvalue weighted by Crippen LogP contribution is -2.23. The Kier molecular flexibility index (Phi) is 3.69. The molecule has 3 N–H and O–H groups in total. The van der Waals surface area contributed by atoms with Gasteiger partial charge in [0.15, 0.2) is 0 Å². The molecule has 0 radical (unpaired) electrons. The van der Waals surface area contributed by atoms with Gasteiger partial charge >= 0.3 is 0 Å². The first-order valence-corrected chi connectivity index (χ1v) is 6.63. The topological polar surface area (TPSA) is 67.8 Å². The highest BCUT2D eigenvalue weighted by atomic mass is 16.5. The molecule has 4 nitrogen and oxygen atoms in total. The number of hydrogen-bond donors (Lipinski definition) is 2. The molecule has 1 saturated carbocycles. The molecule has 0 unspecified atom stereocenters. The summed E-state index contributed by atoms with van der Waals surface area (Å²) in [5.41, 5.74) is 9.25. The van der Waals surface area contributed by atoms with E-state index in [1.165, 1.54) is 11.1 Å². The van der Waals surface area contributed by atoms with Crippen molar-refractivity contribution in [3.05, 3.63) is 28.8 Å². The van der Waals surface area contributed by atoms with Crippen LogP contribution in [0.2, 0.25) is 0 Å². The molecule has 1 aliphatic rings. The molecule has 0 spiro atoms. The molecule has 0 atom stereocenters. The quantitative estimate of drug-likeness (QED) is 0.371. The number of hydrogen-bond acceptors (Lipinski definition) is 3. The van der Waals surface area contributed by atoms with Gasteiger partial charge in [0.2, 0.25) is 0 Å². The third-order valence-electron chi connectivity index (χ3n) is 4.04. The Balaban J connectivity index is 2.06. The molecule has 1 aromatic rings. The molecule has 2 rings (SSSR count). The molecule has 0 aromatic heterocycles. The van der Waals surface area contributed by atoms with Gasteiger partial charge in [-0.25, -0.2) is 0 Å². The first-order chi connectivity index (χ1) is 8.97. The maximum Gasteiger partial charge on any atom is 0.139 e. The van der Waals surface area contributed by atoms with E-state index in [0.717, 1.165) is 24.2 Å². The van der Waals surface area contributed by atoms with Crippen molar-refractivity contribution >= 4 is 5.84 Å². The van der Waals surface area contributed by atoms with E-state index in [4.69, 9.17) is 15.7 Å². The second-order valence-corrected chi connectivity index (χ2v) is 5.71. The summed E-state index contributed by atoms with van der Waals surface area (Å²) in [4.78, 5) is 0. The number of rotatable bonds is 5. The lowest BCUT2D eigenvalue weighted by Gasteiger charge is -2.19. The van der Waals surface area contributed by atoms with Crippen molar-refractivity contribution in [2.45, 2.75) is 40.0 Å². The Hall–Kier alpha value is -1.71. The van der Waals surface area contributed by atoms with Gasteiger partial charge in [-0.15, -0.1) is 0 Å². The minimum atomic E-state index is 0.0684. The smallest absolute Gasteiger partial charge is 0.139 e. The fraction of sp³-hybridized carbons (Fsp3) is 0.533. The summed E-state index contributed by atoms with van der Waals surface area (Å²) in [7, 11) is 0. The van der Waals surface area contributed by atoms with Crippen LogP contribution >= 0.6 is 0 Å². The monoisotopic (exact) mass is 262 g/mol. The number of benzene rings is 1. The lowest BCUT2D eigenvalue weighted by atomic mass is 10.0. The minimum Gasteiger partial charge on any atom is -0.492 e. The summed E-state index contributed by atoms with van der Waals surface area (Å²) < 4.78 is 6.03. The van der Waals surface area contributed by atoms with Crippen molar-refractivity contribution in [1.29, 1.82) is 0 Å². The van der Waals surface area contributed by atoms with Crippen LogP contribution in [0, 0.1) is 26.2 Å². The second kappa shape index (κ2) is 5.11. The van der Waals surface area contributed by atoms with Crippen LogP contribution in [0.5, 0.6) is 5.75 Å². The molecule has 0 aliphatic heterocycles. The van der Waals surface area contributed by atoms with Crippen molar-refractivity contribution < 1.29 is 9.94 Å². The molecule has 1 aliphatic carbocycles. The average Bonchev–Trinajstić information content (AvgIpc) is 3.14. The van der Waals surface area contributed by atoms with Crippen molar-refractivity contribution in [2.24, 2.45) is 16.3 Å². The SMILES string of the molecule is Cc1ccc(C)c(OCC2(CC(N)=NO)CC2)c1C. The summed E-state index contributed by atoms with van der Waals surface area (Å²) >= 11 is 0. The van der Waals surface area contributed by atoms with Crippen molar-refractivity contribution in [2.75, 3.05) is 6.61 Å². The van der Waals surface area contributed by atoms with Gasteiger partial charge in [0, 0.05) is 11.8 Å². The second-order valence-electron chi connectivity index (χ2n) is 5.71. The van der Waals surface area contributed by atoms with E-state index in [-0.39, 0.29) is 5.41 Å². The van der Waals surface area contributed by atoms with Crippen LogP contribution in [0.3, 0.4) is 0 Å². The Morgan fingerprint density at radius 1 is 1.32 bits per heavy atom. The molecule has 0 bridgehead atoms. The van der Waals surface area contributed by atoms with Gasteiger partial charge in [-0.2, -0.15) is 0 Å². The molecule has 104 valence electrons. The van der Waals surface area contributed by atoms with E-state index in [1.54, 1.807) is 0 Å². The van der Waals surface area contributed by atoms with Crippen LogP contribution in [0.1, 0.15) is 36.0 Å². The Bertz CT molecular complexity index is 505. The van der Waals surface area contributed by atoms with Crippen molar-refractivity contribution in [3.8, 4) is 5.75 Å². The third kappa shape index (κ3) is 3.00. The normalized spacial score (nSPS) is 17.3. The first-order valence-electron chi connectivity index (χ1n) is 6.63. The number of aryl methyl sites for hydroxylation is 2. The number of nitrogens with zero attached hydrogens (tertiary/aromatic N) is 1. The number of ether oxygens (including phenoxy) is 1. The highest BCUT2D eigenvalue weighted by Crippen LogP contribution is 2.49. The Labute approximate surface area is 114 Å². The van der Waals surface area contributed by atoms with Gasteiger partial charge in [0.25, 0.3) is 0 Å². The molecule has 1 fully saturated rings. The number of nitrogens with two attached hydrogens (primary N) is 1. The maximum atomic E-state index is 8.66. The predicted octanol–water partition coefficient (Wildman–Crippen LogP) is 2.91. The molecular weight excluding hydrogens is 240 g/mol. The zero-order chi connectivity index (χ0) is 14.0. The molecule has 0 amide bonds. The highest BCUT2D eigenvalue weighted by molar-refractivity contribution is 5.80. The molecule has 1 aromatic carbocycles. The van der Waals surface area contributed by atoms with Gasteiger partial charge in [-0.3, -0.25) is 0 Å². The van der Waals surface area contributed by atoms with Crippen LogP contribution in [-0.2, 0) is 0 Å². The van der Waals surface area contributed by atoms with Crippen molar-refractivity contribution in [3.63, 3.8) is 0 Å². The van der Waals surface area contributed by atoms with E-state index < -0.39 is 0 Å². The van der Waals surface area contributed by atoms with E-state index in [2.05, 4.69) is 38.1 Å². The van der Waals surface area contributed by atoms with Crippen LogP contribution < -0.4 is 10.5 Å². The molecule has 19 heavy (non-hydrogen) atoms. The van der Waals surface area contributed by atoms with Crippen LogP contribution in [0.4, 0.5) is 0 Å². The first kappa shape index (κ1) is 13.7. The fourth-order valence-corrected chi connectivity index (χ4v) is 2.34. The summed E-state index contributed by atoms with van der Waals surface area (Å²) in [5, 5.41) is 11.7. The van der Waals surface area contributed by atoms with Crippen LogP contribution in [-0.4, -0.2) is 17.6 Å². The molecular formula is C15H22N2O2. The van der Waals surface area contributed by atoms with Gasteiger partial charge in [0.05, 0.1) is 6.61 Å². The van der Waals surface area contributed by atoms with Crippen LogP contribution in [0.25, 0.3) is 0 Å². The summed E-state index contributed by atoms with van der Waals surface area (Å²) in [6.07, 6.45) is 2.76. The zero-order valence-electron chi connectivity index (χ0n) is 11.9. The predicted molar refractivity (Wildman–Crippen MR) is 75.8 cm³/mol. The number of oxime groups is 1. The van der Waals surface area contributed by atoms with E-state index in [1.807, 2.05) is 0 Å². The average molecular weight is 262 g/mol. The summed E-state index contributed by atoms with van der Waals surface area (Å²) in [6.45, 7) is 6.87. The molecule has 4 heteroatoms. The van der Waals surface area contributed by atoms with Gasteiger partial charge in [0.1, 0.15) is 11.6 Å². The maximum absolute atomic E-state index is 8.66. The molecule has 0 saturated heterocycles. The fourth-order valence-electron chi connectivity index (χ4n) is 2.34. The van der Waals surface area contributed by atoms with Crippen LogP contribution in [0.15, 0.2) is 17.3 Å². The van der Waals surface area contributed by atoms with Gasteiger partial charge in [-0.1, -0.05) is 17.3 Å².